The molecule has 1 aromatic carbocycles. The molecule has 0 spiro atoms. The standard InChI is InChI=1S/C27H34FN3O2/c1-16(32)33-24-11-9-21-20-8-10-23-27(3,22(20)12-13-26(21,24)2)14-17-15-29-31(25(17)30-23)19-6-4-18(28)5-7-19/h4-7,15,20-24,30H,8-14H2,1-3H3/t20-,21-,22-,23+,24?,26-,27+/m0/s1. The average Bonchev–Trinajstić information content (AvgIpc) is 3.32. The Hall–Kier alpha value is -2.37. The van der Waals surface area contributed by atoms with Gasteiger partial charge in [-0.2, -0.15) is 5.10 Å². The molecule has 0 bridgehead atoms. The first-order valence-electron chi connectivity index (χ1n) is 12.6. The second-order valence-electron chi connectivity index (χ2n) is 11.5. The summed E-state index contributed by atoms with van der Waals surface area (Å²) in [6, 6.07) is 6.97. The summed E-state index contributed by atoms with van der Waals surface area (Å²) in [5, 5.41) is 8.55. The van der Waals surface area contributed by atoms with Crippen LogP contribution in [0.2, 0.25) is 0 Å². The Morgan fingerprint density at radius 2 is 1.85 bits per heavy atom. The zero-order chi connectivity index (χ0) is 23.0. The van der Waals surface area contributed by atoms with Gasteiger partial charge in [0.05, 0.1) is 11.9 Å². The molecule has 6 rings (SSSR count). The van der Waals surface area contributed by atoms with Gasteiger partial charge in [-0.1, -0.05) is 13.8 Å². The second-order valence-corrected chi connectivity index (χ2v) is 11.5. The minimum Gasteiger partial charge on any atom is -0.462 e. The number of aromatic nitrogens is 2. The van der Waals surface area contributed by atoms with Crippen LogP contribution in [-0.4, -0.2) is 27.9 Å². The molecule has 2 aromatic rings. The van der Waals surface area contributed by atoms with E-state index in [1.807, 2.05) is 10.9 Å². The minimum absolute atomic E-state index is 0.0801. The van der Waals surface area contributed by atoms with Crippen LogP contribution >= 0.6 is 0 Å². The van der Waals surface area contributed by atoms with Crippen LogP contribution in [0.15, 0.2) is 30.5 Å². The van der Waals surface area contributed by atoms with Crippen LogP contribution in [-0.2, 0) is 16.0 Å². The van der Waals surface area contributed by atoms with Gasteiger partial charge in [0.2, 0.25) is 0 Å². The van der Waals surface area contributed by atoms with Crippen molar-refractivity contribution in [2.45, 2.75) is 77.9 Å². The number of hydrogen-bond acceptors (Lipinski definition) is 4. The van der Waals surface area contributed by atoms with Gasteiger partial charge in [-0.15, -0.1) is 0 Å². The van der Waals surface area contributed by atoms with Crippen molar-refractivity contribution in [3.05, 3.63) is 41.8 Å². The van der Waals surface area contributed by atoms with Gasteiger partial charge in [0, 0.05) is 23.9 Å². The fourth-order valence-corrected chi connectivity index (χ4v) is 8.31. The van der Waals surface area contributed by atoms with E-state index in [9.17, 15) is 9.18 Å². The lowest BCUT2D eigenvalue weighted by Gasteiger charge is -2.60. The summed E-state index contributed by atoms with van der Waals surface area (Å²) in [6.07, 6.45) is 10.0. The minimum atomic E-state index is -0.231. The molecular formula is C27H34FN3O2. The SMILES string of the molecule is CC(=O)OC1CC[C@H]2[C@@H]3CC[C@H]4Nc5c(cnn5-c5ccc(F)cc5)C[C@]4(C)[C@H]3CC[C@]12C. The molecule has 6 heteroatoms. The number of rotatable bonds is 2. The molecule has 1 N–H and O–H groups in total. The third-order valence-electron chi connectivity index (χ3n) is 9.89. The van der Waals surface area contributed by atoms with Crippen LogP contribution in [0.4, 0.5) is 10.2 Å². The number of carbonyl (C=O) groups is 1. The summed E-state index contributed by atoms with van der Waals surface area (Å²) in [5.74, 6) is 2.70. The first-order valence-corrected chi connectivity index (χ1v) is 12.6. The highest BCUT2D eigenvalue weighted by atomic mass is 19.1. The molecule has 1 unspecified atom stereocenters. The van der Waals surface area contributed by atoms with Gasteiger partial charge < -0.3 is 10.1 Å². The van der Waals surface area contributed by atoms with Gasteiger partial charge in [0.1, 0.15) is 17.7 Å². The number of nitrogens with zero attached hydrogens (tertiary/aromatic N) is 2. The number of nitrogens with one attached hydrogen (secondary N) is 1. The molecule has 0 radical (unpaired) electrons. The Balaban J connectivity index is 1.29. The van der Waals surface area contributed by atoms with E-state index in [0.29, 0.717) is 23.8 Å². The van der Waals surface area contributed by atoms with E-state index in [1.165, 1.54) is 37.0 Å². The maximum atomic E-state index is 13.4. The zero-order valence-electron chi connectivity index (χ0n) is 19.8. The molecule has 7 atom stereocenters. The van der Waals surface area contributed by atoms with Crippen molar-refractivity contribution in [2.75, 3.05) is 5.32 Å². The van der Waals surface area contributed by atoms with Crippen LogP contribution in [0.25, 0.3) is 5.69 Å². The van der Waals surface area contributed by atoms with Crippen molar-refractivity contribution in [2.24, 2.45) is 28.6 Å². The van der Waals surface area contributed by atoms with Gasteiger partial charge in [-0.3, -0.25) is 4.79 Å². The molecular weight excluding hydrogens is 417 g/mol. The highest BCUT2D eigenvalue weighted by Crippen LogP contribution is 2.64. The molecule has 3 aliphatic carbocycles. The van der Waals surface area contributed by atoms with Crippen molar-refractivity contribution >= 4 is 11.8 Å². The number of hydrogen-bond donors (Lipinski definition) is 1. The summed E-state index contributed by atoms with van der Waals surface area (Å²) in [4.78, 5) is 11.7. The quantitative estimate of drug-likeness (QED) is 0.611. The van der Waals surface area contributed by atoms with E-state index in [0.717, 1.165) is 37.2 Å². The number of benzene rings is 1. The number of anilines is 1. The predicted molar refractivity (Wildman–Crippen MR) is 125 cm³/mol. The highest BCUT2D eigenvalue weighted by molar-refractivity contribution is 5.66. The van der Waals surface area contributed by atoms with E-state index < -0.39 is 0 Å². The van der Waals surface area contributed by atoms with Gasteiger partial charge in [-0.05, 0) is 92.4 Å². The first-order chi connectivity index (χ1) is 15.8. The van der Waals surface area contributed by atoms with Crippen molar-refractivity contribution in [3.8, 4) is 5.69 Å². The third-order valence-corrected chi connectivity index (χ3v) is 9.89. The van der Waals surface area contributed by atoms with Crippen LogP contribution in [0.3, 0.4) is 0 Å². The topological polar surface area (TPSA) is 56.1 Å². The van der Waals surface area contributed by atoms with Crippen LogP contribution in [0, 0.1) is 34.4 Å². The van der Waals surface area contributed by atoms with Crippen LogP contribution in [0.5, 0.6) is 0 Å². The van der Waals surface area contributed by atoms with Gasteiger partial charge in [0.15, 0.2) is 0 Å². The normalized spacial score (nSPS) is 39.0. The largest absolute Gasteiger partial charge is 0.462 e. The van der Waals surface area contributed by atoms with Crippen molar-refractivity contribution in [1.29, 1.82) is 0 Å². The molecule has 0 amide bonds. The van der Waals surface area contributed by atoms with E-state index in [2.05, 4.69) is 24.3 Å². The fourth-order valence-electron chi connectivity index (χ4n) is 8.31. The molecule has 2 heterocycles. The molecule has 4 aliphatic rings. The number of halogens is 1. The summed E-state index contributed by atoms with van der Waals surface area (Å²) >= 11 is 0. The lowest BCUT2D eigenvalue weighted by molar-refractivity contribution is -0.158. The second kappa shape index (κ2) is 7.31. The number of fused-ring (bicyclic) bond motifs is 6. The lowest BCUT2D eigenvalue weighted by atomic mass is 9.47. The van der Waals surface area contributed by atoms with Gasteiger partial charge >= 0.3 is 5.97 Å². The number of carbonyl (C=O) groups excluding carboxylic acids is 1. The Kier molecular flexibility index (Phi) is 4.69. The van der Waals surface area contributed by atoms with Crippen molar-refractivity contribution in [1.82, 2.24) is 9.78 Å². The molecule has 3 fully saturated rings. The Morgan fingerprint density at radius 1 is 1.09 bits per heavy atom. The number of esters is 1. The third kappa shape index (κ3) is 3.08. The van der Waals surface area contributed by atoms with Crippen molar-refractivity contribution in [3.63, 3.8) is 0 Å². The maximum absolute atomic E-state index is 13.4. The Bertz CT molecular complexity index is 1080. The average molecular weight is 452 g/mol. The summed E-state index contributed by atoms with van der Waals surface area (Å²) in [7, 11) is 0. The van der Waals surface area contributed by atoms with E-state index in [1.54, 1.807) is 19.1 Å². The van der Waals surface area contributed by atoms with Gasteiger partial charge in [0.25, 0.3) is 0 Å². The Labute approximate surface area is 195 Å². The molecule has 1 aromatic heterocycles. The molecule has 33 heavy (non-hydrogen) atoms. The fraction of sp³-hybridized carbons (Fsp3) is 0.630. The van der Waals surface area contributed by atoms with Crippen molar-refractivity contribution < 1.29 is 13.9 Å². The summed E-state index contributed by atoms with van der Waals surface area (Å²) in [6.45, 7) is 6.42. The zero-order valence-corrected chi connectivity index (χ0v) is 19.8. The molecule has 0 saturated heterocycles. The van der Waals surface area contributed by atoms with E-state index in [-0.39, 0.29) is 28.7 Å². The Morgan fingerprint density at radius 3 is 2.61 bits per heavy atom. The van der Waals surface area contributed by atoms with E-state index >= 15 is 0 Å². The summed E-state index contributed by atoms with van der Waals surface area (Å²) in [5.41, 5.74) is 2.46. The smallest absolute Gasteiger partial charge is 0.302 e. The maximum Gasteiger partial charge on any atom is 0.302 e. The number of ether oxygens (including phenoxy) is 1. The first kappa shape index (κ1) is 21.2. The lowest BCUT2D eigenvalue weighted by Crippen LogP contribution is -2.58. The van der Waals surface area contributed by atoms with E-state index in [4.69, 9.17) is 4.74 Å². The molecule has 5 nitrogen and oxygen atoms in total. The van der Waals surface area contributed by atoms with Crippen LogP contribution in [0.1, 0.15) is 64.9 Å². The molecule has 1 aliphatic heterocycles. The monoisotopic (exact) mass is 451 g/mol. The molecule has 176 valence electrons. The molecule has 3 saturated carbocycles. The predicted octanol–water partition coefficient (Wildman–Crippen LogP) is 5.52. The van der Waals surface area contributed by atoms with Gasteiger partial charge in [-0.25, -0.2) is 9.07 Å². The van der Waals surface area contributed by atoms with Crippen LogP contribution < -0.4 is 5.32 Å². The highest BCUT2D eigenvalue weighted by Gasteiger charge is 2.61. The summed E-state index contributed by atoms with van der Waals surface area (Å²) < 4.78 is 21.2.